The summed E-state index contributed by atoms with van der Waals surface area (Å²) in [5.74, 6) is 1.93. The topological polar surface area (TPSA) is 60.4 Å². The van der Waals surface area contributed by atoms with Gasteiger partial charge < -0.3 is 0 Å². The van der Waals surface area contributed by atoms with E-state index >= 15 is 0 Å². The lowest BCUT2D eigenvalue weighted by atomic mass is 10.4. The molecule has 0 aromatic rings. The summed E-state index contributed by atoms with van der Waals surface area (Å²) in [5, 5.41) is 0. The summed E-state index contributed by atoms with van der Waals surface area (Å²) in [4.78, 5) is 12.0. The first-order valence-electron chi connectivity index (χ1n) is 8.56. The third-order valence-corrected chi connectivity index (χ3v) is 9.24. The lowest BCUT2D eigenvalue weighted by molar-refractivity contribution is -0.116. The monoisotopic (exact) mass is 354 g/mol. The van der Waals surface area contributed by atoms with Crippen LogP contribution in [-0.4, -0.2) is 37.2 Å². The van der Waals surface area contributed by atoms with Crippen LogP contribution in [0.15, 0.2) is 0 Å². The van der Waals surface area contributed by atoms with Crippen molar-refractivity contribution in [3.63, 3.8) is 0 Å². The molecule has 0 spiro atoms. The first-order chi connectivity index (χ1) is 10.3. The quantitative estimate of drug-likeness (QED) is 0.463. The van der Waals surface area contributed by atoms with Gasteiger partial charge in [-0.15, -0.1) is 10.3 Å². The van der Waals surface area contributed by atoms with Crippen LogP contribution in [-0.2, 0) is 18.5 Å². The van der Waals surface area contributed by atoms with E-state index in [-0.39, 0.29) is 11.5 Å². The Bertz CT molecular complexity index is 396. The zero-order valence-corrected chi connectivity index (χ0v) is 16.4. The van der Waals surface area contributed by atoms with E-state index in [0.29, 0.717) is 18.6 Å². The van der Waals surface area contributed by atoms with Crippen LogP contribution in [0.1, 0.15) is 72.6 Å². The average molecular weight is 355 g/mol. The Hall–Kier alpha value is -0.0700. The predicted molar refractivity (Wildman–Crippen MR) is 97.1 cm³/mol. The van der Waals surface area contributed by atoms with E-state index in [9.17, 15) is 13.2 Å². The second-order valence-corrected chi connectivity index (χ2v) is 10.9. The second-order valence-electron chi connectivity index (χ2n) is 5.80. The van der Waals surface area contributed by atoms with Crippen LogP contribution in [0.25, 0.3) is 0 Å². The molecular formula is C16H34O4S2. The molecule has 0 aliphatic heterocycles. The molecule has 0 amide bonds. The number of carbonyl (C=O) groups is 1. The highest BCUT2D eigenvalue weighted by molar-refractivity contribution is 8.33. The minimum absolute atomic E-state index is 0.0663. The Morgan fingerprint density at radius 1 is 0.818 bits per heavy atom. The largest absolute Gasteiger partial charge is 0.299 e. The summed E-state index contributed by atoms with van der Waals surface area (Å²) in [7, 11) is -5.39. The maximum absolute atomic E-state index is 12.3. The Morgan fingerprint density at radius 2 is 1.27 bits per heavy atom. The molecule has 0 saturated carbocycles. The van der Waals surface area contributed by atoms with Gasteiger partial charge in [-0.05, 0) is 19.3 Å². The van der Waals surface area contributed by atoms with Crippen LogP contribution in [0, 0.1) is 0 Å². The minimum Gasteiger partial charge on any atom is -0.299 e. The van der Waals surface area contributed by atoms with Crippen molar-refractivity contribution in [2.75, 3.05) is 23.0 Å². The van der Waals surface area contributed by atoms with E-state index < -0.39 is 20.4 Å². The molecule has 0 unspecified atom stereocenters. The van der Waals surface area contributed by atoms with Crippen molar-refractivity contribution >= 4 is 26.2 Å². The van der Waals surface area contributed by atoms with Crippen LogP contribution < -0.4 is 0 Å². The molecule has 134 valence electrons. The van der Waals surface area contributed by atoms with Gasteiger partial charge in [0.1, 0.15) is 5.78 Å². The molecule has 0 aliphatic carbocycles. The van der Waals surface area contributed by atoms with E-state index in [1.807, 2.05) is 13.8 Å². The van der Waals surface area contributed by atoms with Gasteiger partial charge in [-0.1, -0.05) is 47.0 Å². The maximum Gasteiger partial charge on any atom is 0.276 e. The van der Waals surface area contributed by atoms with Crippen molar-refractivity contribution < 1.29 is 16.8 Å². The van der Waals surface area contributed by atoms with Gasteiger partial charge in [0.05, 0.1) is 11.5 Å². The lowest BCUT2D eigenvalue weighted by Gasteiger charge is -2.38. The smallest absolute Gasteiger partial charge is 0.276 e. The molecule has 0 N–H and O–H groups in total. The van der Waals surface area contributed by atoms with Crippen molar-refractivity contribution in [3.8, 4) is 0 Å². The Morgan fingerprint density at radius 3 is 1.68 bits per heavy atom. The van der Waals surface area contributed by atoms with E-state index in [1.165, 1.54) is 0 Å². The molecule has 0 saturated heterocycles. The first kappa shape index (κ1) is 21.9. The lowest BCUT2D eigenvalue weighted by Crippen LogP contribution is -2.26. The van der Waals surface area contributed by atoms with Gasteiger partial charge in [-0.3, -0.25) is 4.79 Å². The molecule has 0 aromatic carbocycles. The molecule has 4 nitrogen and oxygen atoms in total. The number of rotatable bonds is 14. The number of unbranched alkanes of at least 4 members (excludes halogenated alkanes) is 3. The first-order valence-corrected chi connectivity index (χ1v) is 12.2. The molecule has 0 rings (SSSR count). The van der Waals surface area contributed by atoms with Crippen molar-refractivity contribution in [2.45, 2.75) is 72.6 Å². The van der Waals surface area contributed by atoms with Crippen molar-refractivity contribution in [2.24, 2.45) is 0 Å². The van der Waals surface area contributed by atoms with Crippen LogP contribution in [0.2, 0.25) is 0 Å². The Balaban J connectivity index is 5.24. The average Bonchev–Trinajstić information content (AvgIpc) is 2.48. The fourth-order valence-corrected chi connectivity index (χ4v) is 8.45. The summed E-state index contributed by atoms with van der Waals surface area (Å²) < 4.78 is 30.3. The third kappa shape index (κ3) is 9.16. The highest BCUT2D eigenvalue weighted by Crippen LogP contribution is 2.52. The van der Waals surface area contributed by atoms with Gasteiger partial charge >= 0.3 is 0 Å². The fraction of sp³-hybridized carbons (Fsp3) is 0.938. The SMILES string of the molecule is CCCCS(CCCC)(CC(=O)CC)OS(=O)(=O)CCCC. The fourth-order valence-electron chi connectivity index (χ4n) is 2.12. The van der Waals surface area contributed by atoms with Crippen molar-refractivity contribution in [1.82, 2.24) is 0 Å². The molecule has 0 aromatic heterocycles. The molecule has 6 heteroatoms. The van der Waals surface area contributed by atoms with Crippen LogP contribution in [0.3, 0.4) is 0 Å². The standard InChI is InChI=1S/C16H34O4S2/c1-5-9-12-21(13-10-6-2,15-16(17)8-4)20-22(18,19)14-11-7-3/h5-15H2,1-4H3. The van der Waals surface area contributed by atoms with Gasteiger partial charge in [-0.2, -0.15) is 8.42 Å². The number of hydrogen-bond donors (Lipinski definition) is 0. The molecule has 22 heavy (non-hydrogen) atoms. The minimum atomic E-state index is -3.53. The van der Waals surface area contributed by atoms with Gasteiger partial charge in [0.15, 0.2) is 0 Å². The molecule has 0 fully saturated rings. The third-order valence-electron chi connectivity index (χ3n) is 3.55. The molecule has 0 bridgehead atoms. The Labute approximate surface area is 139 Å². The number of ketones is 1. The van der Waals surface area contributed by atoms with Crippen LogP contribution in [0.5, 0.6) is 0 Å². The van der Waals surface area contributed by atoms with Crippen molar-refractivity contribution in [1.29, 1.82) is 0 Å². The second kappa shape index (κ2) is 11.5. The van der Waals surface area contributed by atoms with Crippen LogP contribution >= 0.6 is 10.3 Å². The molecule has 0 heterocycles. The Kier molecular flexibility index (Phi) is 11.4. The molecule has 0 aliphatic rings. The normalized spacial score (nSPS) is 13.3. The van der Waals surface area contributed by atoms with Gasteiger partial charge in [-0.25, -0.2) is 3.63 Å². The summed E-state index contributed by atoms with van der Waals surface area (Å²) in [6.45, 7) is 7.96. The van der Waals surface area contributed by atoms with E-state index in [4.69, 9.17) is 3.63 Å². The van der Waals surface area contributed by atoms with Gasteiger partial charge in [0.25, 0.3) is 10.1 Å². The highest BCUT2D eigenvalue weighted by Gasteiger charge is 2.32. The maximum atomic E-state index is 12.3. The summed E-state index contributed by atoms with van der Waals surface area (Å²) in [5.41, 5.74) is 0. The predicted octanol–water partition coefficient (Wildman–Crippen LogP) is 4.43. The summed E-state index contributed by atoms with van der Waals surface area (Å²) in [6.07, 6.45) is 5.69. The van der Waals surface area contributed by atoms with E-state index in [0.717, 1.165) is 43.6 Å². The van der Waals surface area contributed by atoms with Crippen LogP contribution in [0.4, 0.5) is 0 Å². The number of hydrogen-bond acceptors (Lipinski definition) is 4. The molecular weight excluding hydrogens is 320 g/mol. The van der Waals surface area contributed by atoms with Crippen molar-refractivity contribution in [3.05, 3.63) is 0 Å². The summed E-state index contributed by atoms with van der Waals surface area (Å²) >= 11 is 0. The zero-order chi connectivity index (χ0) is 17.1. The van der Waals surface area contributed by atoms with Gasteiger partial charge in [0.2, 0.25) is 0 Å². The molecule has 0 atom stereocenters. The summed E-state index contributed by atoms with van der Waals surface area (Å²) in [6, 6.07) is 0. The van der Waals surface area contributed by atoms with E-state index in [2.05, 4.69) is 13.8 Å². The highest BCUT2D eigenvalue weighted by atomic mass is 32.3. The van der Waals surface area contributed by atoms with E-state index in [1.54, 1.807) is 0 Å². The van der Waals surface area contributed by atoms with Gasteiger partial charge in [0, 0.05) is 17.9 Å². The number of Topliss-reactive ketones (excluding diaryl/α,β-unsaturated/α-hetero) is 1. The molecule has 0 radical (unpaired) electrons. The number of carbonyl (C=O) groups excluding carboxylic acids is 1. The zero-order valence-electron chi connectivity index (χ0n) is 14.7.